The van der Waals surface area contributed by atoms with E-state index in [1.54, 1.807) is 0 Å². The number of aromatic nitrogens is 2. The van der Waals surface area contributed by atoms with Gasteiger partial charge in [0.15, 0.2) is 0 Å². The lowest BCUT2D eigenvalue weighted by atomic mass is 10.2. The molecule has 0 fully saturated rings. The monoisotopic (exact) mass is 342 g/mol. The molecule has 0 aliphatic carbocycles. The fraction of sp³-hybridized carbons (Fsp3) is 0.176. The van der Waals surface area contributed by atoms with E-state index >= 15 is 0 Å². The fourth-order valence-corrected chi connectivity index (χ4v) is 2.53. The van der Waals surface area contributed by atoms with Gasteiger partial charge in [-0.2, -0.15) is 0 Å². The number of hydrogen-bond donors (Lipinski definition) is 0. The maximum absolute atomic E-state index is 5.84. The van der Waals surface area contributed by atoms with Gasteiger partial charge in [-0.05, 0) is 46.3 Å². The largest absolute Gasteiger partial charge is 0.457 e. The van der Waals surface area contributed by atoms with Gasteiger partial charge < -0.3 is 4.74 Å². The Labute approximate surface area is 132 Å². The molecule has 1 heterocycles. The molecular weight excluding hydrogens is 328 g/mol. The van der Waals surface area contributed by atoms with Gasteiger partial charge in [-0.3, -0.25) is 0 Å². The number of hydrogen-bond acceptors (Lipinski definition) is 3. The maximum Gasteiger partial charge on any atom is 0.132 e. The summed E-state index contributed by atoms with van der Waals surface area (Å²) >= 11 is 3.53. The summed E-state index contributed by atoms with van der Waals surface area (Å²) in [4.78, 5) is 9.09. The number of halogens is 1. The molecule has 0 N–H and O–H groups in total. The summed E-state index contributed by atoms with van der Waals surface area (Å²) < 4.78 is 6.64. The summed E-state index contributed by atoms with van der Waals surface area (Å²) in [5, 5.41) is 0.952. The Morgan fingerprint density at radius 2 is 1.71 bits per heavy atom. The van der Waals surface area contributed by atoms with Crippen LogP contribution in [0.25, 0.3) is 10.9 Å². The smallest absolute Gasteiger partial charge is 0.132 e. The van der Waals surface area contributed by atoms with Crippen molar-refractivity contribution in [2.75, 3.05) is 0 Å². The molecule has 3 aromatic rings. The molecule has 21 heavy (non-hydrogen) atoms. The maximum atomic E-state index is 5.84. The van der Waals surface area contributed by atoms with Crippen LogP contribution in [0, 0.1) is 0 Å². The Bertz CT molecular complexity index is 772. The standard InChI is InChI=1S/C17H15BrN2O/c1-11(2)17-19-15-9-8-13(10-14(15)16(18)20-17)21-12-6-4-3-5-7-12/h3-11H,1-2H3. The van der Waals surface area contributed by atoms with Crippen LogP contribution < -0.4 is 4.74 Å². The van der Waals surface area contributed by atoms with E-state index in [-0.39, 0.29) is 0 Å². The Morgan fingerprint density at radius 1 is 0.952 bits per heavy atom. The summed E-state index contributed by atoms with van der Waals surface area (Å²) in [5.41, 5.74) is 0.918. The molecule has 2 aromatic carbocycles. The van der Waals surface area contributed by atoms with Crippen LogP contribution >= 0.6 is 15.9 Å². The van der Waals surface area contributed by atoms with Gasteiger partial charge in [-0.15, -0.1) is 0 Å². The second-order valence-corrected chi connectivity index (χ2v) is 5.87. The molecule has 0 spiro atoms. The van der Waals surface area contributed by atoms with Gasteiger partial charge in [0, 0.05) is 11.3 Å². The molecular formula is C17H15BrN2O. The molecule has 3 nitrogen and oxygen atoms in total. The second-order valence-electron chi connectivity index (χ2n) is 5.12. The molecule has 0 aliphatic heterocycles. The summed E-state index contributed by atoms with van der Waals surface area (Å²) in [5.74, 6) is 2.72. The summed E-state index contributed by atoms with van der Waals surface area (Å²) in [6.07, 6.45) is 0. The summed E-state index contributed by atoms with van der Waals surface area (Å²) in [6.45, 7) is 4.17. The SMILES string of the molecule is CC(C)c1nc(Br)c2cc(Oc3ccccc3)ccc2n1. The Balaban J connectivity index is 2.00. The average Bonchev–Trinajstić information content (AvgIpc) is 2.48. The number of rotatable bonds is 3. The molecule has 0 radical (unpaired) electrons. The summed E-state index contributed by atoms with van der Waals surface area (Å²) in [6, 6.07) is 15.6. The first-order chi connectivity index (χ1) is 10.1. The topological polar surface area (TPSA) is 35.0 Å². The number of benzene rings is 2. The third-order valence-electron chi connectivity index (χ3n) is 3.13. The lowest BCUT2D eigenvalue weighted by Gasteiger charge is -2.09. The number of nitrogens with zero attached hydrogens (tertiary/aromatic N) is 2. The van der Waals surface area contributed by atoms with Gasteiger partial charge in [-0.25, -0.2) is 9.97 Å². The quantitative estimate of drug-likeness (QED) is 0.605. The van der Waals surface area contributed by atoms with Crippen LogP contribution in [-0.4, -0.2) is 9.97 Å². The van der Waals surface area contributed by atoms with E-state index in [0.29, 0.717) is 5.92 Å². The van der Waals surface area contributed by atoms with Crippen LogP contribution in [0.15, 0.2) is 53.1 Å². The fourth-order valence-electron chi connectivity index (χ4n) is 2.03. The molecule has 0 atom stereocenters. The predicted octanol–water partition coefficient (Wildman–Crippen LogP) is 5.31. The molecule has 0 saturated heterocycles. The van der Waals surface area contributed by atoms with E-state index in [2.05, 4.69) is 39.7 Å². The van der Waals surface area contributed by atoms with Crippen LogP contribution in [0.2, 0.25) is 0 Å². The van der Waals surface area contributed by atoms with Gasteiger partial charge in [0.2, 0.25) is 0 Å². The van der Waals surface area contributed by atoms with Crippen molar-refractivity contribution in [1.29, 1.82) is 0 Å². The van der Waals surface area contributed by atoms with Crippen LogP contribution in [0.4, 0.5) is 0 Å². The number of fused-ring (bicyclic) bond motifs is 1. The number of ether oxygens (including phenoxy) is 1. The lowest BCUT2D eigenvalue weighted by Crippen LogP contribution is -1.98. The van der Waals surface area contributed by atoms with E-state index in [4.69, 9.17) is 4.74 Å². The first-order valence-electron chi connectivity index (χ1n) is 6.83. The van der Waals surface area contributed by atoms with Gasteiger partial charge in [0.25, 0.3) is 0 Å². The molecule has 0 saturated carbocycles. The minimum absolute atomic E-state index is 0.297. The highest BCUT2D eigenvalue weighted by Gasteiger charge is 2.10. The van der Waals surface area contributed by atoms with Crippen LogP contribution in [-0.2, 0) is 0 Å². The van der Waals surface area contributed by atoms with Crippen LogP contribution in [0.3, 0.4) is 0 Å². The Morgan fingerprint density at radius 3 is 2.43 bits per heavy atom. The van der Waals surface area contributed by atoms with Crippen molar-refractivity contribution < 1.29 is 4.74 Å². The van der Waals surface area contributed by atoms with Gasteiger partial charge >= 0.3 is 0 Å². The highest BCUT2D eigenvalue weighted by atomic mass is 79.9. The van der Waals surface area contributed by atoms with Gasteiger partial charge in [0.05, 0.1) is 5.52 Å². The average molecular weight is 343 g/mol. The zero-order valence-corrected chi connectivity index (χ0v) is 13.5. The van der Waals surface area contributed by atoms with Crippen LogP contribution in [0.1, 0.15) is 25.6 Å². The molecule has 0 bridgehead atoms. The molecule has 1 aromatic heterocycles. The van der Waals surface area contributed by atoms with E-state index < -0.39 is 0 Å². The third kappa shape index (κ3) is 3.05. The van der Waals surface area contributed by atoms with E-state index in [0.717, 1.165) is 32.8 Å². The molecule has 0 aliphatic rings. The van der Waals surface area contributed by atoms with Crippen molar-refractivity contribution in [2.24, 2.45) is 0 Å². The predicted molar refractivity (Wildman–Crippen MR) is 87.8 cm³/mol. The van der Waals surface area contributed by atoms with E-state index in [1.165, 1.54) is 0 Å². The van der Waals surface area contributed by atoms with Crippen molar-refractivity contribution in [3.63, 3.8) is 0 Å². The third-order valence-corrected chi connectivity index (χ3v) is 3.74. The molecule has 4 heteroatoms. The Hall–Kier alpha value is -1.94. The molecule has 0 amide bonds. The highest BCUT2D eigenvalue weighted by molar-refractivity contribution is 9.10. The molecule has 106 valence electrons. The minimum atomic E-state index is 0.297. The van der Waals surface area contributed by atoms with Gasteiger partial charge in [0.1, 0.15) is 21.9 Å². The van der Waals surface area contributed by atoms with Gasteiger partial charge in [-0.1, -0.05) is 32.0 Å². The Kier molecular flexibility index (Phi) is 3.88. The van der Waals surface area contributed by atoms with Crippen molar-refractivity contribution >= 4 is 26.8 Å². The van der Waals surface area contributed by atoms with Crippen molar-refractivity contribution in [3.8, 4) is 11.5 Å². The highest BCUT2D eigenvalue weighted by Crippen LogP contribution is 2.29. The minimum Gasteiger partial charge on any atom is -0.457 e. The first-order valence-corrected chi connectivity index (χ1v) is 7.63. The van der Waals surface area contributed by atoms with E-state index in [9.17, 15) is 0 Å². The normalized spacial score (nSPS) is 11.0. The second kappa shape index (κ2) is 5.82. The van der Waals surface area contributed by atoms with E-state index in [1.807, 2.05) is 48.5 Å². The zero-order valence-electron chi connectivity index (χ0n) is 11.9. The lowest BCUT2D eigenvalue weighted by molar-refractivity contribution is 0.483. The van der Waals surface area contributed by atoms with Crippen molar-refractivity contribution in [2.45, 2.75) is 19.8 Å². The zero-order chi connectivity index (χ0) is 14.8. The number of para-hydroxylation sites is 1. The van der Waals surface area contributed by atoms with Crippen molar-refractivity contribution in [3.05, 3.63) is 59.0 Å². The molecule has 3 rings (SSSR count). The van der Waals surface area contributed by atoms with Crippen LogP contribution in [0.5, 0.6) is 11.5 Å². The van der Waals surface area contributed by atoms with Crippen molar-refractivity contribution in [1.82, 2.24) is 9.97 Å². The summed E-state index contributed by atoms with van der Waals surface area (Å²) in [7, 11) is 0. The first kappa shape index (κ1) is 14.0. The molecule has 0 unspecified atom stereocenters.